The van der Waals surface area contributed by atoms with Crippen LogP contribution < -0.4 is 25.3 Å². The van der Waals surface area contributed by atoms with Crippen LogP contribution in [0.1, 0.15) is 5.56 Å². The molecule has 0 aliphatic carbocycles. The molecule has 1 heterocycles. The van der Waals surface area contributed by atoms with Crippen LogP contribution >= 0.6 is 0 Å². The van der Waals surface area contributed by atoms with Gasteiger partial charge in [-0.1, -0.05) is 0 Å². The van der Waals surface area contributed by atoms with Crippen LogP contribution in [0.5, 0.6) is 17.2 Å². The summed E-state index contributed by atoms with van der Waals surface area (Å²) in [6, 6.07) is 3.47. The van der Waals surface area contributed by atoms with Gasteiger partial charge < -0.3 is 25.3 Å². The lowest BCUT2D eigenvalue weighted by molar-refractivity contribution is -0.122. The molecule has 1 aliphatic heterocycles. The normalized spacial score (nSPS) is 13.0. The molecule has 0 fully saturated rings. The third-order valence-corrected chi connectivity index (χ3v) is 2.71. The summed E-state index contributed by atoms with van der Waals surface area (Å²) in [7, 11) is 1.53. The lowest BCUT2D eigenvalue weighted by Gasteiger charge is -2.20. The van der Waals surface area contributed by atoms with Crippen molar-refractivity contribution in [2.24, 2.45) is 5.73 Å². The molecule has 21 heavy (non-hydrogen) atoms. The Labute approximate surface area is 121 Å². The van der Waals surface area contributed by atoms with Gasteiger partial charge in [0.25, 0.3) is 0 Å². The van der Waals surface area contributed by atoms with Crippen molar-refractivity contribution < 1.29 is 23.8 Å². The summed E-state index contributed by atoms with van der Waals surface area (Å²) in [4.78, 5) is 22.0. The van der Waals surface area contributed by atoms with Gasteiger partial charge >= 0.3 is 0 Å². The van der Waals surface area contributed by atoms with Crippen molar-refractivity contribution in [3.63, 3.8) is 0 Å². The number of hydrogen-bond donors (Lipinski definition) is 2. The quantitative estimate of drug-likeness (QED) is 0.749. The number of rotatable bonds is 5. The van der Waals surface area contributed by atoms with Crippen LogP contribution in [0.15, 0.2) is 18.2 Å². The van der Waals surface area contributed by atoms with Crippen LogP contribution in [0.2, 0.25) is 0 Å². The van der Waals surface area contributed by atoms with Gasteiger partial charge in [-0.15, -0.1) is 0 Å². The predicted octanol–water partition coefficient (Wildman–Crippen LogP) is 0.0811. The fourth-order valence-corrected chi connectivity index (χ4v) is 1.79. The molecule has 0 bridgehead atoms. The maximum absolute atomic E-state index is 11.5. The van der Waals surface area contributed by atoms with Gasteiger partial charge in [0.05, 0.1) is 13.7 Å². The molecule has 0 spiro atoms. The van der Waals surface area contributed by atoms with E-state index < -0.39 is 11.8 Å². The maximum atomic E-state index is 11.5. The van der Waals surface area contributed by atoms with E-state index in [-0.39, 0.29) is 6.54 Å². The average molecular weight is 292 g/mol. The lowest BCUT2D eigenvalue weighted by Crippen LogP contribution is -2.32. The predicted molar refractivity (Wildman–Crippen MR) is 75.2 cm³/mol. The van der Waals surface area contributed by atoms with Crippen molar-refractivity contribution in [2.75, 3.05) is 26.9 Å². The van der Waals surface area contributed by atoms with Gasteiger partial charge in [0, 0.05) is 6.08 Å². The standard InChI is InChI=1S/C14H16N2O5/c1-19-10-6-9(2-3-13(18)16-8-12(15)17)7-11-14(10)21-5-4-20-11/h2-3,6-7H,4-5,8H2,1H3,(H2,15,17)(H,16,18)/b3-2+. The van der Waals surface area contributed by atoms with Gasteiger partial charge in [-0.25, -0.2) is 0 Å². The van der Waals surface area contributed by atoms with Crippen molar-refractivity contribution in [1.29, 1.82) is 0 Å². The van der Waals surface area contributed by atoms with E-state index >= 15 is 0 Å². The molecular formula is C14H16N2O5. The second-order valence-corrected chi connectivity index (χ2v) is 4.26. The van der Waals surface area contributed by atoms with Crippen molar-refractivity contribution >= 4 is 17.9 Å². The first-order valence-electron chi connectivity index (χ1n) is 6.32. The number of primary amides is 1. The largest absolute Gasteiger partial charge is 0.493 e. The second kappa shape index (κ2) is 6.65. The highest BCUT2D eigenvalue weighted by Crippen LogP contribution is 2.40. The fourth-order valence-electron chi connectivity index (χ4n) is 1.79. The molecule has 3 N–H and O–H groups in total. The Morgan fingerprint density at radius 2 is 2.14 bits per heavy atom. The molecule has 0 aromatic heterocycles. The maximum Gasteiger partial charge on any atom is 0.244 e. The van der Waals surface area contributed by atoms with Crippen molar-refractivity contribution in [3.8, 4) is 17.2 Å². The second-order valence-electron chi connectivity index (χ2n) is 4.26. The summed E-state index contributed by atoms with van der Waals surface area (Å²) < 4.78 is 16.2. The molecule has 1 aromatic carbocycles. The SMILES string of the molecule is COc1cc(/C=C/C(=O)NCC(N)=O)cc2c1OCCO2. The summed E-state index contributed by atoms with van der Waals surface area (Å²) in [5, 5.41) is 2.36. The lowest BCUT2D eigenvalue weighted by atomic mass is 10.1. The van der Waals surface area contributed by atoms with Gasteiger partial charge in [0.1, 0.15) is 13.2 Å². The minimum atomic E-state index is -0.599. The summed E-state index contributed by atoms with van der Waals surface area (Å²) in [6.45, 7) is 0.726. The zero-order valence-electron chi connectivity index (χ0n) is 11.5. The number of benzene rings is 1. The van der Waals surface area contributed by atoms with Gasteiger partial charge in [0.2, 0.25) is 17.6 Å². The van der Waals surface area contributed by atoms with Crippen molar-refractivity contribution in [3.05, 3.63) is 23.8 Å². The zero-order chi connectivity index (χ0) is 15.2. The summed E-state index contributed by atoms with van der Waals surface area (Å²) >= 11 is 0. The van der Waals surface area contributed by atoms with Gasteiger partial charge in [-0.3, -0.25) is 9.59 Å². The van der Waals surface area contributed by atoms with Crippen molar-refractivity contribution in [1.82, 2.24) is 5.32 Å². The Kier molecular flexibility index (Phi) is 4.65. The van der Waals surface area contributed by atoms with Gasteiger partial charge in [0.15, 0.2) is 11.5 Å². The Hall–Kier alpha value is -2.70. The highest BCUT2D eigenvalue weighted by atomic mass is 16.6. The monoisotopic (exact) mass is 292 g/mol. The van der Waals surface area contributed by atoms with Gasteiger partial charge in [-0.05, 0) is 23.8 Å². The highest BCUT2D eigenvalue weighted by Gasteiger charge is 2.17. The number of fused-ring (bicyclic) bond motifs is 1. The number of ether oxygens (including phenoxy) is 3. The number of nitrogens with two attached hydrogens (primary N) is 1. The number of amides is 2. The van der Waals surface area contributed by atoms with Crippen LogP contribution in [0.3, 0.4) is 0 Å². The molecule has 112 valence electrons. The van der Waals surface area contributed by atoms with Crippen molar-refractivity contribution in [2.45, 2.75) is 0 Å². The number of hydrogen-bond acceptors (Lipinski definition) is 5. The van der Waals surface area contributed by atoms with E-state index in [1.54, 1.807) is 18.2 Å². The molecule has 1 aromatic rings. The Balaban J connectivity index is 2.13. The first-order chi connectivity index (χ1) is 10.1. The zero-order valence-corrected chi connectivity index (χ0v) is 11.5. The molecule has 7 heteroatoms. The number of carbonyl (C=O) groups excluding carboxylic acids is 2. The van der Waals surface area contributed by atoms with E-state index in [0.29, 0.717) is 36.0 Å². The van der Waals surface area contributed by atoms with Crippen LogP contribution in [0.25, 0.3) is 6.08 Å². The van der Waals surface area contributed by atoms with E-state index in [1.165, 1.54) is 13.2 Å². The molecule has 1 aliphatic rings. The first-order valence-corrected chi connectivity index (χ1v) is 6.32. The number of methoxy groups -OCH3 is 1. The molecule has 0 radical (unpaired) electrons. The molecule has 2 amide bonds. The smallest absolute Gasteiger partial charge is 0.244 e. The van der Waals surface area contributed by atoms with E-state index in [2.05, 4.69) is 5.32 Å². The fraction of sp³-hybridized carbons (Fsp3) is 0.286. The van der Waals surface area contributed by atoms with E-state index in [1.807, 2.05) is 0 Å². The molecule has 0 saturated carbocycles. The molecule has 2 rings (SSSR count). The number of carbonyl (C=O) groups is 2. The summed E-state index contributed by atoms with van der Waals surface area (Å²) in [5.74, 6) is 0.640. The van der Waals surface area contributed by atoms with Crippen LogP contribution in [-0.2, 0) is 9.59 Å². The first kappa shape index (κ1) is 14.7. The molecule has 7 nitrogen and oxygen atoms in total. The summed E-state index contributed by atoms with van der Waals surface area (Å²) in [6.07, 6.45) is 2.88. The van der Waals surface area contributed by atoms with Gasteiger partial charge in [-0.2, -0.15) is 0 Å². The number of nitrogens with one attached hydrogen (secondary N) is 1. The molecular weight excluding hydrogens is 276 g/mol. The Bertz CT molecular complexity index is 566. The van der Waals surface area contributed by atoms with E-state index in [4.69, 9.17) is 19.9 Å². The van der Waals surface area contributed by atoms with E-state index in [0.717, 1.165) is 0 Å². The Morgan fingerprint density at radius 1 is 1.38 bits per heavy atom. The molecule has 0 saturated heterocycles. The Morgan fingerprint density at radius 3 is 2.86 bits per heavy atom. The third-order valence-electron chi connectivity index (χ3n) is 2.71. The van der Waals surface area contributed by atoms with Crippen LogP contribution in [0, 0.1) is 0 Å². The minimum Gasteiger partial charge on any atom is -0.493 e. The average Bonchev–Trinajstić information content (AvgIpc) is 2.49. The van der Waals surface area contributed by atoms with Crippen LogP contribution in [-0.4, -0.2) is 38.7 Å². The highest BCUT2D eigenvalue weighted by molar-refractivity contribution is 5.94. The minimum absolute atomic E-state index is 0.201. The molecule has 0 atom stereocenters. The third kappa shape index (κ3) is 3.88. The van der Waals surface area contributed by atoms with Crippen LogP contribution in [0.4, 0.5) is 0 Å². The molecule has 0 unspecified atom stereocenters. The topological polar surface area (TPSA) is 99.9 Å². The van der Waals surface area contributed by atoms with E-state index in [9.17, 15) is 9.59 Å². The summed E-state index contributed by atoms with van der Waals surface area (Å²) in [5.41, 5.74) is 5.65.